The maximum Gasteiger partial charge on any atom is 0.319 e. The molecule has 35 heavy (non-hydrogen) atoms. The molecule has 2 aromatic heterocycles. The summed E-state index contributed by atoms with van der Waals surface area (Å²) in [6.45, 7) is 2.57. The Morgan fingerprint density at radius 3 is 2.63 bits per heavy atom. The largest absolute Gasteiger partial charge is 0.480 e. The third kappa shape index (κ3) is 3.53. The predicted molar refractivity (Wildman–Crippen MR) is 129 cm³/mol. The number of nitrogens with zero attached hydrogens (tertiary/aromatic N) is 4. The summed E-state index contributed by atoms with van der Waals surface area (Å²) in [5, 5.41) is 1.47. The fourth-order valence-corrected chi connectivity index (χ4v) is 5.66. The van der Waals surface area contributed by atoms with E-state index < -0.39 is 5.82 Å². The summed E-state index contributed by atoms with van der Waals surface area (Å²) in [5.74, 6) is -0.898. The summed E-state index contributed by atoms with van der Waals surface area (Å²) in [7, 11) is 1.43. The molecule has 0 spiro atoms. The van der Waals surface area contributed by atoms with Gasteiger partial charge in [0.2, 0.25) is 5.88 Å². The van der Waals surface area contributed by atoms with Crippen LogP contribution in [0.3, 0.4) is 0 Å². The molecule has 4 heterocycles. The van der Waals surface area contributed by atoms with Crippen LogP contribution < -0.4 is 15.2 Å². The SMILES string of the molecule is COc1nc(-c2cccc3cc(F)ccc23)c(F)c2nc(OCC34CCCN3CCC4)nc(N)c12. The van der Waals surface area contributed by atoms with Gasteiger partial charge in [0, 0.05) is 5.56 Å². The van der Waals surface area contributed by atoms with E-state index in [9.17, 15) is 4.39 Å². The van der Waals surface area contributed by atoms with Crippen molar-refractivity contribution < 1.29 is 18.3 Å². The van der Waals surface area contributed by atoms with Crippen LogP contribution in [0.25, 0.3) is 32.9 Å². The number of fused-ring (bicyclic) bond motifs is 3. The number of aromatic nitrogens is 3. The lowest BCUT2D eigenvalue weighted by molar-refractivity contribution is 0.108. The van der Waals surface area contributed by atoms with Crippen molar-refractivity contribution in [3.8, 4) is 23.1 Å². The molecule has 2 aliphatic heterocycles. The van der Waals surface area contributed by atoms with Gasteiger partial charge in [-0.2, -0.15) is 9.97 Å². The first kappa shape index (κ1) is 21.9. The van der Waals surface area contributed by atoms with Crippen LogP contribution in [0.5, 0.6) is 11.9 Å². The Balaban J connectivity index is 1.46. The van der Waals surface area contributed by atoms with Gasteiger partial charge in [0.1, 0.15) is 34.8 Å². The Hall–Kier alpha value is -3.59. The number of nitrogens with two attached hydrogens (primary N) is 1. The molecule has 6 rings (SSSR count). The van der Waals surface area contributed by atoms with Crippen molar-refractivity contribution in [2.75, 3.05) is 32.5 Å². The van der Waals surface area contributed by atoms with Crippen LogP contribution >= 0.6 is 0 Å². The summed E-state index contributed by atoms with van der Waals surface area (Å²) in [6, 6.07) is 9.59. The smallest absolute Gasteiger partial charge is 0.319 e. The van der Waals surface area contributed by atoms with Gasteiger partial charge in [0.15, 0.2) is 5.82 Å². The highest BCUT2D eigenvalue weighted by molar-refractivity contribution is 6.00. The van der Waals surface area contributed by atoms with Crippen LogP contribution in [0.2, 0.25) is 0 Å². The van der Waals surface area contributed by atoms with E-state index in [2.05, 4.69) is 19.9 Å². The minimum atomic E-state index is -0.668. The molecule has 0 bridgehead atoms. The van der Waals surface area contributed by atoms with Gasteiger partial charge in [-0.1, -0.05) is 24.3 Å². The molecular formula is C26H25F2N5O2. The molecule has 180 valence electrons. The normalized spacial score (nSPS) is 17.2. The van der Waals surface area contributed by atoms with Gasteiger partial charge in [-0.3, -0.25) is 4.90 Å². The molecule has 7 nitrogen and oxygen atoms in total. The fraction of sp³-hybridized carbons (Fsp3) is 0.346. The molecule has 0 saturated carbocycles. The van der Waals surface area contributed by atoms with Crippen LogP contribution in [-0.2, 0) is 0 Å². The number of nitrogen functional groups attached to an aromatic ring is 1. The highest BCUT2D eigenvalue weighted by atomic mass is 19.1. The monoisotopic (exact) mass is 477 g/mol. The Kier molecular flexibility index (Phi) is 5.17. The van der Waals surface area contributed by atoms with E-state index in [4.69, 9.17) is 15.2 Å². The van der Waals surface area contributed by atoms with Crippen molar-refractivity contribution in [2.24, 2.45) is 0 Å². The van der Waals surface area contributed by atoms with Gasteiger partial charge in [-0.25, -0.2) is 13.8 Å². The number of anilines is 1. The van der Waals surface area contributed by atoms with Crippen molar-refractivity contribution in [3.05, 3.63) is 48.0 Å². The zero-order valence-electron chi connectivity index (χ0n) is 19.4. The van der Waals surface area contributed by atoms with Gasteiger partial charge in [-0.15, -0.1) is 0 Å². The number of rotatable bonds is 5. The molecular weight excluding hydrogens is 452 g/mol. The molecule has 2 N–H and O–H groups in total. The third-order valence-electron chi connectivity index (χ3n) is 7.33. The minimum Gasteiger partial charge on any atom is -0.480 e. The molecule has 9 heteroatoms. The molecule has 0 atom stereocenters. The highest BCUT2D eigenvalue weighted by Crippen LogP contribution is 2.40. The molecule has 0 radical (unpaired) electrons. The summed E-state index contributed by atoms with van der Waals surface area (Å²) >= 11 is 0. The average molecular weight is 478 g/mol. The van der Waals surface area contributed by atoms with E-state index in [1.165, 1.54) is 19.2 Å². The molecule has 0 unspecified atom stereocenters. The number of benzene rings is 2. The molecule has 0 aliphatic carbocycles. The number of hydrogen-bond acceptors (Lipinski definition) is 7. The van der Waals surface area contributed by atoms with E-state index in [1.807, 2.05) is 0 Å². The number of halogens is 2. The predicted octanol–water partition coefficient (Wildman–Crippen LogP) is 4.72. The van der Waals surface area contributed by atoms with E-state index in [1.54, 1.807) is 24.3 Å². The number of pyridine rings is 1. The van der Waals surface area contributed by atoms with Crippen molar-refractivity contribution in [2.45, 2.75) is 31.2 Å². The van der Waals surface area contributed by atoms with Crippen molar-refractivity contribution in [3.63, 3.8) is 0 Å². The maximum atomic E-state index is 16.0. The second kappa shape index (κ2) is 8.27. The Labute approximate surface area is 200 Å². The van der Waals surface area contributed by atoms with E-state index in [0.29, 0.717) is 22.9 Å². The lowest BCUT2D eigenvalue weighted by atomic mass is 9.95. The Bertz CT molecular complexity index is 1450. The Morgan fingerprint density at radius 2 is 1.86 bits per heavy atom. The van der Waals surface area contributed by atoms with Gasteiger partial charge in [-0.05, 0) is 61.7 Å². The number of ether oxygens (including phenoxy) is 2. The average Bonchev–Trinajstić information content (AvgIpc) is 3.43. The molecule has 2 saturated heterocycles. The first-order chi connectivity index (χ1) is 17.0. The van der Waals surface area contributed by atoms with Crippen LogP contribution in [-0.4, -0.2) is 52.2 Å². The first-order valence-corrected chi connectivity index (χ1v) is 11.8. The molecule has 2 aliphatic rings. The zero-order valence-corrected chi connectivity index (χ0v) is 19.4. The summed E-state index contributed by atoms with van der Waals surface area (Å²) in [4.78, 5) is 15.6. The number of hydrogen-bond donors (Lipinski definition) is 1. The zero-order chi connectivity index (χ0) is 24.2. The van der Waals surface area contributed by atoms with Crippen molar-refractivity contribution >= 4 is 27.5 Å². The Morgan fingerprint density at radius 1 is 1.06 bits per heavy atom. The van der Waals surface area contributed by atoms with Gasteiger partial charge < -0.3 is 15.2 Å². The first-order valence-electron chi connectivity index (χ1n) is 11.8. The lowest BCUT2D eigenvalue weighted by Gasteiger charge is -2.31. The minimum absolute atomic E-state index is 0.00898. The maximum absolute atomic E-state index is 16.0. The van der Waals surface area contributed by atoms with Crippen LogP contribution in [0.15, 0.2) is 36.4 Å². The van der Waals surface area contributed by atoms with E-state index in [-0.39, 0.29) is 45.7 Å². The topological polar surface area (TPSA) is 86.4 Å². The van der Waals surface area contributed by atoms with Crippen molar-refractivity contribution in [1.82, 2.24) is 19.9 Å². The summed E-state index contributed by atoms with van der Waals surface area (Å²) in [5.41, 5.74) is 6.71. The van der Waals surface area contributed by atoms with Gasteiger partial charge in [0.05, 0.1) is 12.6 Å². The second-order valence-corrected chi connectivity index (χ2v) is 9.28. The van der Waals surface area contributed by atoms with Crippen LogP contribution in [0.4, 0.5) is 14.6 Å². The van der Waals surface area contributed by atoms with E-state index >= 15 is 4.39 Å². The molecule has 2 fully saturated rings. The fourth-order valence-electron chi connectivity index (χ4n) is 5.66. The van der Waals surface area contributed by atoms with Crippen molar-refractivity contribution in [1.29, 1.82) is 0 Å². The van der Waals surface area contributed by atoms with Gasteiger partial charge in [0.25, 0.3) is 0 Å². The number of methoxy groups -OCH3 is 1. The van der Waals surface area contributed by atoms with Crippen LogP contribution in [0, 0.1) is 11.6 Å². The summed E-state index contributed by atoms with van der Waals surface area (Å²) in [6.07, 6.45) is 4.40. The van der Waals surface area contributed by atoms with E-state index in [0.717, 1.165) is 38.8 Å². The molecule has 0 amide bonds. The standard InChI is InChI=1S/C26H25F2N5O2/c1-34-24-19-22(20(28)21(30-24)18-6-2-5-15-13-16(27)7-8-17(15)18)31-25(32-23(19)29)35-14-26-9-3-11-33(26)12-4-10-26/h2,5-8,13H,3-4,9-12,14H2,1H3,(H2,29,31,32). The summed E-state index contributed by atoms with van der Waals surface area (Å²) < 4.78 is 41.2. The third-order valence-corrected chi connectivity index (χ3v) is 7.33. The van der Waals surface area contributed by atoms with Gasteiger partial charge >= 0.3 is 6.01 Å². The lowest BCUT2D eigenvalue weighted by Crippen LogP contribution is -2.43. The highest BCUT2D eigenvalue weighted by Gasteiger charge is 2.45. The molecule has 2 aromatic carbocycles. The second-order valence-electron chi connectivity index (χ2n) is 9.28. The van der Waals surface area contributed by atoms with Crippen LogP contribution in [0.1, 0.15) is 25.7 Å². The quantitative estimate of drug-likeness (QED) is 0.445. The molecule has 4 aromatic rings.